The Bertz CT molecular complexity index is 1040. The zero-order chi connectivity index (χ0) is 16.7. The average molecular weight is 430 g/mol. The second-order valence-electron chi connectivity index (χ2n) is 5.34. The van der Waals surface area contributed by atoms with E-state index in [0.717, 1.165) is 31.7 Å². The lowest BCUT2D eigenvalue weighted by Gasteiger charge is -2.04. The zero-order valence-corrected chi connectivity index (χ0v) is 14.6. The van der Waals surface area contributed by atoms with Crippen LogP contribution in [0.5, 0.6) is 0 Å². The first-order valence-corrected chi connectivity index (χ1v) is 8.36. The van der Waals surface area contributed by atoms with Gasteiger partial charge in [-0.05, 0) is 70.1 Å². The molecular formula is C18H12FIN4. The molecule has 0 fully saturated rings. The van der Waals surface area contributed by atoms with Crippen molar-refractivity contribution < 1.29 is 4.39 Å². The van der Waals surface area contributed by atoms with Gasteiger partial charge in [-0.15, -0.1) is 0 Å². The Hall–Kier alpha value is -2.48. The molecule has 2 N–H and O–H groups in total. The minimum Gasteiger partial charge on any atom is -0.383 e. The van der Waals surface area contributed by atoms with E-state index in [9.17, 15) is 4.39 Å². The number of fused-ring (bicyclic) bond motifs is 1. The SMILES string of the molecule is Nc1ncccc1-c1nc2ccc(-c3ccc(F)cc3)cn2c1I. The van der Waals surface area contributed by atoms with E-state index in [2.05, 4.69) is 32.6 Å². The van der Waals surface area contributed by atoms with Crippen molar-refractivity contribution in [2.24, 2.45) is 0 Å². The number of anilines is 1. The molecule has 0 radical (unpaired) electrons. The third-order valence-corrected chi connectivity index (χ3v) is 4.86. The second-order valence-corrected chi connectivity index (χ2v) is 6.36. The maximum atomic E-state index is 13.1. The van der Waals surface area contributed by atoms with Crippen LogP contribution in [0.15, 0.2) is 60.9 Å². The Balaban J connectivity index is 1.88. The number of nitrogens with zero attached hydrogens (tertiary/aromatic N) is 3. The Labute approximate surface area is 151 Å². The van der Waals surface area contributed by atoms with Crippen molar-refractivity contribution in [3.8, 4) is 22.4 Å². The van der Waals surface area contributed by atoms with Gasteiger partial charge in [0.05, 0.1) is 0 Å². The van der Waals surface area contributed by atoms with Crippen LogP contribution in [0.4, 0.5) is 10.2 Å². The van der Waals surface area contributed by atoms with Crippen LogP contribution in [0.2, 0.25) is 0 Å². The molecule has 4 aromatic rings. The Morgan fingerprint density at radius 2 is 1.75 bits per heavy atom. The second kappa shape index (κ2) is 5.86. The number of imidazole rings is 1. The van der Waals surface area contributed by atoms with Crippen LogP contribution in [-0.2, 0) is 0 Å². The lowest BCUT2D eigenvalue weighted by Crippen LogP contribution is -1.94. The fourth-order valence-electron chi connectivity index (χ4n) is 2.62. The van der Waals surface area contributed by atoms with Crippen LogP contribution in [0.25, 0.3) is 28.0 Å². The largest absolute Gasteiger partial charge is 0.383 e. The first kappa shape index (κ1) is 15.1. The minimum absolute atomic E-state index is 0.244. The van der Waals surface area contributed by atoms with Crippen molar-refractivity contribution in [2.45, 2.75) is 0 Å². The van der Waals surface area contributed by atoms with Gasteiger partial charge in [-0.2, -0.15) is 0 Å². The number of benzene rings is 1. The highest BCUT2D eigenvalue weighted by molar-refractivity contribution is 14.1. The molecule has 6 heteroatoms. The number of nitrogen functional groups attached to an aromatic ring is 1. The highest BCUT2D eigenvalue weighted by atomic mass is 127. The highest BCUT2D eigenvalue weighted by Gasteiger charge is 2.15. The van der Waals surface area contributed by atoms with E-state index in [-0.39, 0.29) is 5.82 Å². The molecule has 118 valence electrons. The van der Waals surface area contributed by atoms with Crippen LogP contribution < -0.4 is 5.73 Å². The summed E-state index contributed by atoms with van der Waals surface area (Å²) in [4.78, 5) is 8.80. The van der Waals surface area contributed by atoms with E-state index in [1.807, 2.05) is 34.9 Å². The molecule has 0 aliphatic heterocycles. The number of aromatic nitrogens is 3. The molecule has 0 unspecified atom stereocenters. The molecule has 1 aromatic carbocycles. The van der Waals surface area contributed by atoms with Gasteiger partial charge in [-0.25, -0.2) is 14.4 Å². The van der Waals surface area contributed by atoms with E-state index in [1.54, 1.807) is 18.3 Å². The van der Waals surface area contributed by atoms with Crippen molar-refractivity contribution in [3.63, 3.8) is 0 Å². The summed E-state index contributed by atoms with van der Waals surface area (Å²) in [7, 11) is 0. The summed E-state index contributed by atoms with van der Waals surface area (Å²) in [6.07, 6.45) is 3.65. The average Bonchev–Trinajstić information content (AvgIpc) is 2.92. The van der Waals surface area contributed by atoms with Gasteiger partial charge >= 0.3 is 0 Å². The zero-order valence-electron chi connectivity index (χ0n) is 12.4. The molecule has 24 heavy (non-hydrogen) atoms. The summed E-state index contributed by atoms with van der Waals surface area (Å²) < 4.78 is 16.1. The minimum atomic E-state index is -0.244. The third kappa shape index (κ3) is 2.52. The quantitative estimate of drug-likeness (QED) is 0.480. The van der Waals surface area contributed by atoms with Gasteiger partial charge in [0.1, 0.15) is 26.7 Å². The van der Waals surface area contributed by atoms with Crippen molar-refractivity contribution >= 4 is 34.1 Å². The predicted octanol–water partition coefficient (Wildman–Crippen LogP) is 4.39. The fraction of sp³-hybridized carbons (Fsp3) is 0. The Kier molecular flexibility index (Phi) is 3.68. The summed E-state index contributed by atoms with van der Waals surface area (Å²) in [5.41, 5.74) is 10.4. The van der Waals surface area contributed by atoms with Crippen LogP contribution in [-0.4, -0.2) is 14.4 Å². The number of rotatable bonds is 2. The molecular weight excluding hydrogens is 418 g/mol. The van der Waals surface area contributed by atoms with Crippen molar-refractivity contribution in [1.29, 1.82) is 0 Å². The first-order valence-electron chi connectivity index (χ1n) is 7.28. The molecule has 0 saturated carbocycles. The van der Waals surface area contributed by atoms with E-state index in [4.69, 9.17) is 5.73 Å². The van der Waals surface area contributed by atoms with Gasteiger partial charge in [0.2, 0.25) is 0 Å². The van der Waals surface area contributed by atoms with Crippen LogP contribution >= 0.6 is 22.6 Å². The Morgan fingerprint density at radius 1 is 1.00 bits per heavy atom. The van der Waals surface area contributed by atoms with Gasteiger partial charge < -0.3 is 5.73 Å². The number of pyridine rings is 2. The number of halogens is 2. The molecule has 3 heterocycles. The molecule has 0 aliphatic rings. The maximum absolute atomic E-state index is 13.1. The maximum Gasteiger partial charge on any atom is 0.138 e. The van der Waals surface area contributed by atoms with Gasteiger partial charge in [0.15, 0.2) is 0 Å². The van der Waals surface area contributed by atoms with E-state index in [1.165, 1.54) is 12.1 Å². The fourth-order valence-corrected chi connectivity index (χ4v) is 3.42. The molecule has 0 aliphatic carbocycles. The predicted molar refractivity (Wildman–Crippen MR) is 101 cm³/mol. The third-order valence-electron chi connectivity index (χ3n) is 3.83. The Morgan fingerprint density at radius 3 is 2.50 bits per heavy atom. The molecule has 4 rings (SSSR count). The normalized spacial score (nSPS) is 11.1. The van der Waals surface area contributed by atoms with Crippen LogP contribution in [0.3, 0.4) is 0 Å². The van der Waals surface area contributed by atoms with Crippen molar-refractivity contribution in [3.05, 3.63) is 70.4 Å². The smallest absolute Gasteiger partial charge is 0.138 e. The molecule has 0 saturated heterocycles. The molecule has 0 atom stereocenters. The molecule has 4 nitrogen and oxygen atoms in total. The van der Waals surface area contributed by atoms with Crippen molar-refractivity contribution in [1.82, 2.24) is 14.4 Å². The van der Waals surface area contributed by atoms with E-state index >= 15 is 0 Å². The number of nitrogens with two attached hydrogens (primary N) is 1. The summed E-state index contributed by atoms with van der Waals surface area (Å²) in [5, 5.41) is 0. The highest BCUT2D eigenvalue weighted by Crippen LogP contribution is 2.30. The monoisotopic (exact) mass is 430 g/mol. The van der Waals surface area contributed by atoms with Crippen LogP contribution in [0.1, 0.15) is 0 Å². The lowest BCUT2D eigenvalue weighted by molar-refractivity contribution is 0.628. The summed E-state index contributed by atoms with van der Waals surface area (Å²) in [6, 6.07) is 14.1. The molecule has 0 spiro atoms. The summed E-state index contributed by atoms with van der Waals surface area (Å²) in [6.45, 7) is 0. The number of hydrogen-bond acceptors (Lipinski definition) is 3. The molecule has 3 aromatic heterocycles. The van der Waals surface area contributed by atoms with Gasteiger partial charge in [-0.1, -0.05) is 12.1 Å². The molecule has 0 bridgehead atoms. The van der Waals surface area contributed by atoms with E-state index in [0.29, 0.717) is 5.82 Å². The first-order chi connectivity index (χ1) is 11.6. The van der Waals surface area contributed by atoms with Crippen molar-refractivity contribution in [2.75, 3.05) is 5.73 Å². The number of hydrogen-bond donors (Lipinski definition) is 1. The standard InChI is InChI=1S/C18H12FIN4/c19-13-6-3-11(4-7-13)12-5-8-15-23-16(17(20)24(15)10-12)14-2-1-9-22-18(14)21/h1-10H,(H2,21,22). The van der Waals surface area contributed by atoms with Gasteiger partial charge in [0, 0.05) is 18.0 Å². The topological polar surface area (TPSA) is 56.2 Å². The lowest BCUT2D eigenvalue weighted by atomic mass is 10.1. The van der Waals surface area contributed by atoms with Gasteiger partial charge in [0.25, 0.3) is 0 Å². The summed E-state index contributed by atoms with van der Waals surface area (Å²) >= 11 is 2.25. The van der Waals surface area contributed by atoms with E-state index < -0.39 is 0 Å². The van der Waals surface area contributed by atoms with Crippen LogP contribution in [0, 0.1) is 9.52 Å². The van der Waals surface area contributed by atoms with Gasteiger partial charge in [-0.3, -0.25) is 4.40 Å². The summed E-state index contributed by atoms with van der Waals surface area (Å²) in [5.74, 6) is 0.212. The molecule has 0 amide bonds.